The van der Waals surface area contributed by atoms with Gasteiger partial charge in [-0.15, -0.1) is 0 Å². The summed E-state index contributed by atoms with van der Waals surface area (Å²) in [6, 6.07) is -0.126. The van der Waals surface area contributed by atoms with Crippen molar-refractivity contribution in [2.75, 3.05) is 13.1 Å². The summed E-state index contributed by atoms with van der Waals surface area (Å²) in [7, 11) is 0. The summed E-state index contributed by atoms with van der Waals surface area (Å²) < 4.78 is 0. The molecular formula is C12H18N2O3. The van der Waals surface area contributed by atoms with Gasteiger partial charge in [0.2, 0.25) is 5.91 Å². The molecule has 3 atom stereocenters. The maximum absolute atomic E-state index is 11.9. The molecular weight excluding hydrogens is 220 g/mol. The highest BCUT2D eigenvalue weighted by Gasteiger charge is 2.31. The Morgan fingerprint density at radius 2 is 2.12 bits per heavy atom. The molecule has 0 bridgehead atoms. The van der Waals surface area contributed by atoms with Crippen molar-refractivity contribution in [1.82, 2.24) is 10.6 Å². The number of rotatable bonds is 4. The van der Waals surface area contributed by atoms with Crippen molar-refractivity contribution >= 4 is 11.9 Å². The highest BCUT2D eigenvalue weighted by molar-refractivity contribution is 5.80. The Morgan fingerprint density at radius 3 is 2.59 bits per heavy atom. The van der Waals surface area contributed by atoms with Crippen LogP contribution in [0.1, 0.15) is 13.3 Å². The van der Waals surface area contributed by atoms with Gasteiger partial charge in [-0.25, -0.2) is 0 Å². The molecule has 1 saturated heterocycles. The minimum atomic E-state index is -0.825. The predicted octanol–water partition coefficient (Wildman–Crippen LogP) is -0.0126. The van der Waals surface area contributed by atoms with Crippen molar-refractivity contribution in [2.24, 2.45) is 17.8 Å². The van der Waals surface area contributed by atoms with Crippen LogP contribution < -0.4 is 10.6 Å². The Hall–Kier alpha value is -1.36. The van der Waals surface area contributed by atoms with E-state index in [1.807, 2.05) is 6.92 Å². The first-order valence-corrected chi connectivity index (χ1v) is 6.00. The molecule has 1 aliphatic heterocycles. The zero-order valence-electron chi connectivity index (χ0n) is 9.85. The summed E-state index contributed by atoms with van der Waals surface area (Å²) in [5.41, 5.74) is 0. The lowest BCUT2D eigenvalue weighted by molar-refractivity contribution is -0.140. The largest absolute Gasteiger partial charge is 0.481 e. The Kier molecular flexibility index (Phi) is 3.47. The summed E-state index contributed by atoms with van der Waals surface area (Å²) in [6.07, 6.45) is 3.90. The van der Waals surface area contributed by atoms with Crippen LogP contribution in [0.3, 0.4) is 0 Å². The van der Waals surface area contributed by atoms with E-state index in [4.69, 9.17) is 5.11 Å². The van der Waals surface area contributed by atoms with Crippen LogP contribution in [0, 0.1) is 17.8 Å². The van der Waals surface area contributed by atoms with Gasteiger partial charge in [-0.2, -0.15) is 0 Å². The van der Waals surface area contributed by atoms with E-state index in [2.05, 4.69) is 10.6 Å². The van der Waals surface area contributed by atoms with Crippen molar-refractivity contribution in [3.05, 3.63) is 12.2 Å². The molecule has 0 spiro atoms. The quantitative estimate of drug-likeness (QED) is 0.602. The van der Waals surface area contributed by atoms with Crippen LogP contribution in [0.5, 0.6) is 0 Å². The number of aliphatic carboxylic acids is 1. The van der Waals surface area contributed by atoms with Gasteiger partial charge in [0.05, 0.1) is 5.92 Å². The number of carboxylic acid groups (broad SMARTS) is 1. The van der Waals surface area contributed by atoms with E-state index in [1.165, 1.54) is 0 Å². The van der Waals surface area contributed by atoms with E-state index in [0.717, 1.165) is 13.1 Å². The molecule has 1 aliphatic carbocycles. The first kappa shape index (κ1) is 12.1. The third-order valence-electron chi connectivity index (χ3n) is 3.66. The molecule has 0 saturated carbocycles. The Bertz CT molecular complexity index is 350. The predicted molar refractivity (Wildman–Crippen MR) is 62.3 cm³/mol. The van der Waals surface area contributed by atoms with Crippen molar-refractivity contribution in [3.8, 4) is 0 Å². The van der Waals surface area contributed by atoms with Crippen LogP contribution in [-0.2, 0) is 9.59 Å². The maximum atomic E-state index is 11.9. The molecule has 0 aromatic carbocycles. The van der Waals surface area contributed by atoms with Crippen molar-refractivity contribution in [2.45, 2.75) is 19.4 Å². The van der Waals surface area contributed by atoms with E-state index < -0.39 is 11.9 Å². The van der Waals surface area contributed by atoms with Crippen LogP contribution in [0.2, 0.25) is 0 Å². The van der Waals surface area contributed by atoms with Crippen molar-refractivity contribution in [1.29, 1.82) is 0 Å². The van der Waals surface area contributed by atoms with Crippen LogP contribution >= 0.6 is 0 Å². The minimum absolute atomic E-state index is 0.00599. The fourth-order valence-electron chi connectivity index (χ4n) is 2.18. The zero-order valence-corrected chi connectivity index (χ0v) is 9.85. The van der Waals surface area contributed by atoms with E-state index in [1.54, 1.807) is 12.2 Å². The van der Waals surface area contributed by atoms with Gasteiger partial charge in [-0.1, -0.05) is 19.1 Å². The minimum Gasteiger partial charge on any atom is -0.481 e. The smallest absolute Gasteiger partial charge is 0.310 e. The molecule has 3 unspecified atom stereocenters. The summed E-state index contributed by atoms with van der Waals surface area (Å²) in [6.45, 7) is 3.72. The second kappa shape index (κ2) is 4.87. The summed E-state index contributed by atoms with van der Waals surface area (Å²) >= 11 is 0. The lowest BCUT2D eigenvalue weighted by atomic mass is 9.88. The average Bonchev–Trinajstić information content (AvgIpc) is 2.63. The number of nitrogens with one attached hydrogen (secondary N) is 2. The van der Waals surface area contributed by atoms with Gasteiger partial charge in [0.25, 0.3) is 0 Å². The number of hydrogen-bond donors (Lipinski definition) is 3. The molecule has 3 N–H and O–H groups in total. The number of amides is 1. The fourth-order valence-corrected chi connectivity index (χ4v) is 2.18. The first-order valence-electron chi connectivity index (χ1n) is 6.00. The van der Waals surface area contributed by atoms with Gasteiger partial charge in [0, 0.05) is 12.0 Å². The van der Waals surface area contributed by atoms with Crippen LogP contribution in [-0.4, -0.2) is 36.1 Å². The van der Waals surface area contributed by atoms with E-state index in [0.29, 0.717) is 12.3 Å². The first-order chi connectivity index (χ1) is 8.08. The van der Waals surface area contributed by atoms with Gasteiger partial charge in [0.15, 0.2) is 0 Å². The topological polar surface area (TPSA) is 78.4 Å². The summed E-state index contributed by atoms with van der Waals surface area (Å²) in [4.78, 5) is 22.6. The van der Waals surface area contributed by atoms with E-state index >= 15 is 0 Å². The lowest BCUT2D eigenvalue weighted by Gasteiger charge is -2.32. The second-order valence-electron chi connectivity index (χ2n) is 4.89. The zero-order chi connectivity index (χ0) is 12.4. The highest BCUT2D eigenvalue weighted by atomic mass is 16.4. The SMILES string of the molecule is CC(C(=O)NC1C=CC(C(=O)O)C1)C1CNC1. The number of carbonyl (C=O) groups excluding carboxylic acids is 1. The molecule has 1 amide bonds. The molecule has 94 valence electrons. The van der Waals surface area contributed by atoms with Gasteiger partial charge < -0.3 is 15.7 Å². The number of carboxylic acids is 1. The lowest BCUT2D eigenvalue weighted by Crippen LogP contribution is -2.50. The van der Waals surface area contributed by atoms with Gasteiger partial charge >= 0.3 is 5.97 Å². The van der Waals surface area contributed by atoms with Gasteiger partial charge in [-0.05, 0) is 25.4 Å². The molecule has 2 rings (SSSR count). The van der Waals surface area contributed by atoms with Crippen molar-refractivity contribution in [3.63, 3.8) is 0 Å². The Morgan fingerprint density at radius 1 is 1.41 bits per heavy atom. The molecule has 0 aromatic rings. The van der Waals surface area contributed by atoms with E-state index in [-0.39, 0.29) is 17.9 Å². The molecule has 17 heavy (non-hydrogen) atoms. The molecule has 0 aromatic heterocycles. The number of hydrogen-bond acceptors (Lipinski definition) is 3. The van der Waals surface area contributed by atoms with Gasteiger partial charge in [0.1, 0.15) is 0 Å². The monoisotopic (exact) mass is 238 g/mol. The fraction of sp³-hybridized carbons (Fsp3) is 0.667. The standard InChI is InChI=1S/C12H18N2O3/c1-7(9-5-13-6-9)11(15)14-10-3-2-8(4-10)12(16)17/h2-3,7-10,13H,4-6H2,1H3,(H,14,15)(H,16,17). The van der Waals surface area contributed by atoms with Crippen LogP contribution in [0.4, 0.5) is 0 Å². The molecule has 1 fully saturated rings. The third-order valence-corrected chi connectivity index (χ3v) is 3.66. The molecule has 1 heterocycles. The molecule has 5 nitrogen and oxygen atoms in total. The normalized spacial score (nSPS) is 29.7. The maximum Gasteiger partial charge on any atom is 0.310 e. The second-order valence-corrected chi connectivity index (χ2v) is 4.89. The summed E-state index contributed by atoms with van der Waals surface area (Å²) in [5.74, 6) is -0.850. The third kappa shape index (κ3) is 2.66. The van der Waals surface area contributed by atoms with Crippen molar-refractivity contribution < 1.29 is 14.7 Å². The Balaban J connectivity index is 1.80. The van der Waals surface area contributed by atoms with Gasteiger partial charge in [-0.3, -0.25) is 9.59 Å². The van der Waals surface area contributed by atoms with Crippen LogP contribution in [0.15, 0.2) is 12.2 Å². The van der Waals surface area contributed by atoms with E-state index in [9.17, 15) is 9.59 Å². The molecule has 0 radical (unpaired) electrons. The van der Waals surface area contributed by atoms with Crippen LogP contribution in [0.25, 0.3) is 0 Å². The molecule has 2 aliphatic rings. The summed E-state index contributed by atoms with van der Waals surface area (Å²) in [5, 5.41) is 14.9. The average molecular weight is 238 g/mol. The number of carbonyl (C=O) groups is 2. The molecule has 5 heteroatoms. The Labute approximate surface area is 100 Å². The highest BCUT2D eigenvalue weighted by Crippen LogP contribution is 2.20.